The normalized spacial score (nSPS) is 25.9. The van der Waals surface area contributed by atoms with Gasteiger partial charge in [-0.25, -0.2) is 4.98 Å². The van der Waals surface area contributed by atoms with Gasteiger partial charge in [0.05, 0.1) is 0 Å². The lowest BCUT2D eigenvalue weighted by atomic mass is 9.86. The maximum absolute atomic E-state index is 4.72. The quantitative estimate of drug-likeness (QED) is 0.864. The van der Waals surface area contributed by atoms with Gasteiger partial charge in [-0.2, -0.15) is 0 Å². The molecule has 0 aromatic carbocycles. The largest absolute Gasteiger partial charge is 0.356 e. The lowest BCUT2D eigenvalue weighted by Crippen LogP contribution is -2.37. The van der Waals surface area contributed by atoms with Crippen molar-refractivity contribution in [2.24, 2.45) is 5.92 Å². The summed E-state index contributed by atoms with van der Waals surface area (Å²) in [5.74, 6) is 2.00. The molecule has 1 N–H and O–H groups in total. The van der Waals surface area contributed by atoms with Gasteiger partial charge in [0.25, 0.3) is 0 Å². The number of hydrogen-bond donors (Lipinski definition) is 1. The number of halogens is 1. The molecular weight excluding hydrogens is 326 g/mol. The summed E-state index contributed by atoms with van der Waals surface area (Å²) in [5.41, 5.74) is 1.32. The highest BCUT2D eigenvalue weighted by Crippen LogP contribution is 2.31. The van der Waals surface area contributed by atoms with Gasteiger partial charge in [-0.3, -0.25) is 0 Å². The molecule has 0 saturated heterocycles. The van der Waals surface area contributed by atoms with E-state index in [-0.39, 0.29) is 0 Å². The van der Waals surface area contributed by atoms with Crippen LogP contribution in [0.15, 0.2) is 16.7 Å². The predicted molar refractivity (Wildman–Crippen MR) is 91.6 cm³/mol. The van der Waals surface area contributed by atoms with Gasteiger partial charge in [-0.1, -0.05) is 19.8 Å². The number of nitrogens with zero attached hydrogens (tertiary/aromatic N) is 2. The Morgan fingerprint density at radius 1 is 1.33 bits per heavy atom. The highest BCUT2D eigenvalue weighted by molar-refractivity contribution is 9.10. The van der Waals surface area contributed by atoms with E-state index in [9.17, 15) is 0 Å². The van der Waals surface area contributed by atoms with Crippen LogP contribution in [0.1, 0.15) is 51.0 Å². The molecule has 2 fully saturated rings. The zero-order valence-electron chi connectivity index (χ0n) is 13.1. The van der Waals surface area contributed by atoms with Crippen LogP contribution in [0.5, 0.6) is 0 Å². The first kappa shape index (κ1) is 15.3. The first-order chi connectivity index (χ1) is 10.1. The molecule has 2 aliphatic rings. The first-order valence-corrected chi connectivity index (χ1v) is 9.03. The van der Waals surface area contributed by atoms with Crippen LogP contribution < -0.4 is 10.2 Å². The van der Waals surface area contributed by atoms with E-state index in [2.05, 4.69) is 46.2 Å². The summed E-state index contributed by atoms with van der Waals surface area (Å²) in [7, 11) is 2.22. The highest BCUT2D eigenvalue weighted by atomic mass is 79.9. The van der Waals surface area contributed by atoms with E-state index in [1.54, 1.807) is 0 Å². The minimum atomic E-state index is 0.641. The predicted octanol–water partition coefficient (Wildman–Crippen LogP) is 4.11. The van der Waals surface area contributed by atoms with Crippen molar-refractivity contribution >= 4 is 21.7 Å². The van der Waals surface area contributed by atoms with Crippen LogP contribution >= 0.6 is 15.9 Å². The first-order valence-electron chi connectivity index (χ1n) is 8.24. The van der Waals surface area contributed by atoms with Crippen LogP contribution in [0.3, 0.4) is 0 Å². The molecule has 0 amide bonds. The molecule has 1 heterocycles. The molecule has 1 aromatic heterocycles. The smallest absolute Gasteiger partial charge is 0.133 e. The Hall–Kier alpha value is -0.610. The lowest BCUT2D eigenvalue weighted by molar-refractivity contribution is 0.335. The van der Waals surface area contributed by atoms with Crippen molar-refractivity contribution in [3.05, 3.63) is 22.3 Å². The molecule has 0 radical (unpaired) electrons. The van der Waals surface area contributed by atoms with Gasteiger partial charge < -0.3 is 10.2 Å². The molecular formula is C17H26BrN3. The zero-order valence-corrected chi connectivity index (χ0v) is 14.7. The van der Waals surface area contributed by atoms with Crippen LogP contribution in [0, 0.1) is 5.92 Å². The molecule has 2 aliphatic carbocycles. The summed E-state index contributed by atoms with van der Waals surface area (Å²) in [5, 5.41) is 3.62. The van der Waals surface area contributed by atoms with Crippen LogP contribution in [0.25, 0.3) is 0 Å². The molecule has 0 spiro atoms. The van der Waals surface area contributed by atoms with Gasteiger partial charge in [-0.15, -0.1) is 0 Å². The fourth-order valence-electron chi connectivity index (χ4n) is 3.39. The number of aromatic nitrogens is 1. The average Bonchev–Trinajstić information content (AvgIpc) is 3.29. The Balaban J connectivity index is 1.75. The van der Waals surface area contributed by atoms with Crippen molar-refractivity contribution in [3.8, 4) is 0 Å². The van der Waals surface area contributed by atoms with Gasteiger partial charge in [0.2, 0.25) is 0 Å². The van der Waals surface area contributed by atoms with Crippen molar-refractivity contribution in [1.82, 2.24) is 10.3 Å². The summed E-state index contributed by atoms with van der Waals surface area (Å²) in [6.07, 6.45) is 9.91. The summed E-state index contributed by atoms with van der Waals surface area (Å²) >= 11 is 3.56. The third-order valence-electron chi connectivity index (χ3n) is 4.86. The topological polar surface area (TPSA) is 28.2 Å². The minimum absolute atomic E-state index is 0.641. The van der Waals surface area contributed by atoms with Gasteiger partial charge in [0, 0.05) is 41.9 Å². The number of hydrogen-bond acceptors (Lipinski definition) is 3. The van der Waals surface area contributed by atoms with Crippen molar-refractivity contribution in [3.63, 3.8) is 0 Å². The summed E-state index contributed by atoms with van der Waals surface area (Å²) < 4.78 is 1.07. The fraction of sp³-hybridized carbons (Fsp3) is 0.706. The van der Waals surface area contributed by atoms with E-state index in [0.717, 1.165) is 28.8 Å². The molecule has 2 unspecified atom stereocenters. The second-order valence-corrected chi connectivity index (χ2v) is 7.74. The molecule has 0 aliphatic heterocycles. The van der Waals surface area contributed by atoms with E-state index in [0.29, 0.717) is 6.04 Å². The van der Waals surface area contributed by atoms with Crippen LogP contribution in [-0.4, -0.2) is 24.1 Å². The maximum atomic E-state index is 4.72. The minimum Gasteiger partial charge on any atom is -0.356 e. The standard InChI is InChI=1S/C17H26BrN3/c1-12-4-3-5-16(8-12)21(2)17-13(9-14(18)11-20-17)10-19-15-6-7-15/h9,11-12,15-16,19H,3-8,10H2,1-2H3. The van der Waals surface area contributed by atoms with Crippen molar-refractivity contribution < 1.29 is 0 Å². The zero-order chi connectivity index (χ0) is 14.8. The molecule has 0 bridgehead atoms. The number of pyridine rings is 1. The molecule has 116 valence electrons. The van der Waals surface area contributed by atoms with E-state index in [1.807, 2.05) is 6.20 Å². The number of nitrogens with one attached hydrogen (secondary N) is 1. The second kappa shape index (κ2) is 6.66. The molecule has 2 atom stereocenters. The Morgan fingerprint density at radius 2 is 2.14 bits per heavy atom. The monoisotopic (exact) mass is 351 g/mol. The Bertz CT molecular complexity index is 487. The molecule has 21 heavy (non-hydrogen) atoms. The Morgan fingerprint density at radius 3 is 2.86 bits per heavy atom. The summed E-state index contributed by atoms with van der Waals surface area (Å²) in [4.78, 5) is 7.14. The van der Waals surface area contributed by atoms with Crippen molar-refractivity contribution in [2.75, 3.05) is 11.9 Å². The van der Waals surface area contributed by atoms with Gasteiger partial charge in [-0.05, 0) is 53.6 Å². The Kier molecular flexibility index (Phi) is 4.85. The molecule has 3 rings (SSSR count). The third-order valence-corrected chi connectivity index (χ3v) is 5.29. The summed E-state index contributed by atoms with van der Waals surface area (Å²) in [6.45, 7) is 3.31. The third kappa shape index (κ3) is 3.98. The van der Waals surface area contributed by atoms with Crippen LogP contribution in [-0.2, 0) is 6.54 Å². The SMILES string of the molecule is CC1CCCC(N(C)c2ncc(Br)cc2CNC2CC2)C1. The molecule has 1 aromatic rings. The van der Waals surface area contributed by atoms with Crippen molar-refractivity contribution in [2.45, 2.75) is 64.1 Å². The maximum Gasteiger partial charge on any atom is 0.133 e. The van der Waals surface area contributed by atoms with E-state index >= 15 is 0 Å². The van der Waals surface area contributed by atoms with Crippen LogP contribution in [0.2, 0.25) is 0 Å². The second-order valence-electron chi connectivity index (χ2n) is 6.83. The molecule has 2 saturated carbocycles. The average molecular weight is 352 g/mol. The van der Waals surface area contributed by atoms with Gasteiger partial charge >= 0.3 is 0 Å². The van der Waals surface area contributed by atoms with E-state index in [4.69, 9.17) is 4.98 Å². The summed E-state index contributed by atoms with van der Waals surface area (Å²) in [6, 6.07) is 3.60. The molecule has 4 heteroatoms. The highest BCUT2D eigenvalue weighted by Gasteiger charge is 2.25. The van der Waals surface area contributed by atoms with Gasteiger partial charge in [0.15, 0.2) is 0 Å². The Labute approximate surface area is 136 Å². The lowest BCUT2D eigenvalue weighted by Gasteiger charge is -2.35. The van der Waals surface area contributed by atoms with Crippen molar-refractivity contribution in [1.29, 1.82) is 0 Å². The van der Waals surface area contributed by atoms with E-state index in [1.165, 1.54) is 44.1 Å². The van der Waals surface area contributed by atoms with E-state index < -0.39 is 0 Å². The van der Waals surface area contributed by atoms with Gasteiger partial charge in [0.1, 0.15) is 5.82 Å². The fourth-order valence-corrected chi connectivity index (χ4v) is 3.77. The van der Waals surface area contributed by atoms with Crippen LogP contribution in [0.4, 0.5) is 5.82 Å². The number of rotatable bonds is 5. The number of anilines is 1. The molecule has 3 nitrogen and oxygen atoms in total.